The molecule has 1 unspecified atom stereocenters. The molecule has 30 heavy (non-hydrogen) atoms. The van der Waals surface area contributed by atoms with Crippen molar-refractivity contribution in [3.63, 3.8) is 0 Å². The molecule has 4 aromatic rings. The topological polar surface area (TPSA) is 115 Å². The number of para-hydroxylation sites is 1. The molecule has 0 amide bonds. The molecule has 7 nitrogen and oxygen atoms in total. The van der Waals surface area contributed by atoms with E-state index < -0.39 is 18.0 Å². The fourth-order valence-electron chi connectivity index (χ4n) is 3.58. The second-order valence-electron chi connectivity index (χ2n) is 7.08. The first-order valence-corrected chi connectivity index (χ1v) is 9.60. The number of aromatic nitrogens is 2. The maximum atomic E-state index is 12.0. The number of H-pyrrole nitrogens is 1. The lowest BCUT2D eigenvalue weighted by molar-refractivity contribution is -0.137. The lowest BCUT2D eigenvalue weighted by Crippen LogP contribution is -2.32. The van der Waals surface area contributed by atoms with E-state index in [0.717, 1.165) is 22.0 Å². The van der Waals surface area contributed by atoms with Gasteiger partial charge in [-0.2, -0.15) is 0 Å². The number of aromatic carboxylic acids is 1. The van der Waals surface area contributed by atoms with Gasteiger partial charge in [-0.15, -0.1) is 0 Å². The predicted octanol–water partition coefficient (Wildman–Crippen LogP) is 4.48. The molecular formula is C22H18ClN3O4. The second kappa shape index (κ2) is 7.68. The molecule has 8 heteroatoms. The van der Waals surface area contributed by atoms with Gasteiger partial charge in [-0.05, 0) is 42.3 Å². The van der Waals surface area contributed by atoms with Crippen molar-refractivity contribution >= 4 is 51.2 Å². The van der Waals surface area contributed by atoms with Gasteiger partial charge in [-0.3, -0.25) is 0 Å². The molecule has 4 rings (SSSR count). The Morgan fingerprint density at radius 3 is 2.70 bits per heavy atom. The van der Waals surface area contributed by atoms with Gasteiger partial charge in [0.25, 0.3) is 0 Å². The van der Waals surface area contributed by atoms with E-state index in [4.69, 9.17) is 11.6 Å². The van der Waals surface area contributed by atoms with E-state index in [1.807, 2.05) is 31.2 Å². The highest BCUT2D eigenvalue weighted by Crippen LogP contribution is 2.28. The summed E-state index contributed by atoms with van der Waals surface area (Å²) in [5, 5.41) is 24.2. The quantitative estimate of drug-likeness (QED) is 0.363. The van der Waals surface area contributed by atoms with Crippen LogP contribution in [0, 0.1) is 6.92 Å². The number of aromatic amines is 1. The molecule has 2 heterocycles. The number of aryl methyl sites for hydroxylation is 1. The molecule has 152 valence electrons. The highest BCUT2D eigenvalue weighted by atomic mass is 35.5. The maximum Gasteiger partial charge on any atom is 0.339 e. The molecule has 1 atom stereocenters. The molecule has 2 aromatic heterocycles. The number of carboxylic acid groups (broad SMARTS) is 2. The molecular weight excluding hydrogens is 406 g/mol. The van der Waals surface area contributed by atoms with Gasteiger partial charge in [0.15, 0.2) is 0 Å². The van der Waals surface area contributed by atoms with Crippen LogP contribution >= 0.6 is 11.6 Å². The summed E-state index contributed by atoms with van der Waals surface area (Å²) in [5.41, 5.74) is 2.92. The van der Waals surface area contributed by atoms with Crippen molar-refractivity contribution < 1.29 is 19.8 Å². The highest BCUT2D eigenvalue weighted by molar-refractivity contribution is 6.31. The summed E-state index contributed by atoms with van der Waals surface area (Å²) < 4.78 is 0. The lowest BCUT2D eigenvalue weighted by Gasteiger charge is -2.17. The zero-order valence-corrected chi connectivity index (χ0v) is 16.7. The number of carbonyl (C=O) groups is 2. The van der Waals surface area contributed by atoms with Crippen molar-refractivity contribution in [2.45, 2.75) is 19.4 Å². The average Bonchev–Trinajstić information content (AvgIpc) is 3.10. The Kier molecular flexibility index (Phi) is 5.05. The van der Waals surface area contributed by atoms with Gasteiger partial charge in [-0.25, -0.2) is 14.6 Å². The van der Waals surface area contributed by atoms with Gasteiger partial charge in [0.2, 0.25) is 0 Å². The number of fused-ring (bicyclic) bond motifs is 2. The number of benzene rings is 2. The van der Waals surface area contributed by atoms with Crippen molar-refractivity contribution in [3.8, 4) is 0 Å². The van der Waals surface area contributed by atoms with Crippen molar-refractivity contribution in [2.24, 2.45) is 0 Å². The normalized spacial score (nSPS) is 12.2. The van der Waals surface area contributed by atoms with Crippen molar-refractivity contribution in [2.75, 3.05) is 5.32 Å². The van der Waals surface area contributed by atoms with Crippen LogP contribution in [0.2, 0.25) is 5.02 Å². The summed E-state index contributed by atoms with van der Waals surface area (Å²) in [4.78, 5) is 31.3. The van der Waals surface area contributed by atoms with E-state index in [0.29, 0.717) is 15.9 Å². The molecule has 4 N–H and O–H groups in total. The summed E-state index contributed by atoms with van der Waals surface area (Å²) in [6.07, 6.45) is 1.91. The SMILES string of the molecule is Cc1cc(Cl)cc2cc(C(=O)O)c(NC(Cc3c[nH]c4ccccc34)C(=O)O)nc12. The van der Waals surface area contributed by atoms with E-state index in [1.54, 1.807) is 18.3 Å². The number of nitrogens with one attached hydrogen (secondary N) is 2. The number of hydrogen-bond donors (Lipinski definition) is 4. The summed E-state index contributed by atoms with van der Waals surface area (Å²) in [6.45, 7) is 1.81. The Bertz CT molecular complexity index is 1300. The van der Waals surface area contributed by atoms with Gasteiger partial charge < -0.3 is 20.5 Å². The smallest absolute Gasteiger partial charge is 0.339 e. The van der Waals surface area contributed by atoms with E-state index in [-0.39, 0.29) is 17.8 Å². The van der Waals surface area contributed by atoms with Crippen LogP contribution in [0.1, 0.15) is 21.5 Å². The average molecular weight is 424 g/mol. The summed E-state index contributed by atoms with van der Waals surface area (Å²) in [6, 6.07) is 11.3. The summed E-state index contributed by atoms with van der Waals surface area (Å²) in [7, 11) is 0. The molecule has 0 saturated carbocycles. The molecule has 0 fully saturated rings. The van der Waals surface area contributed by atoms with Crippen LogP contribution in [0.15, 0.2) is 48.7 Å². The molecule has 0 radical (unpaired) electrons. The van der Waals surface area contributed by atoms with Crippen LogP contribution in [0.5, 0.6) is 0 Å². The Hall–Kier alpha value is -3.58. The Morgan fingerprint density at radius 2 is 1.97 bits per heavy atom. The van der Waals surface area contributed by atoms with Gasteiger partial charge >= 0.3 is 11.9 Å². The number of halogens is 1. The number of anilines is 1. The van der Waals surface area contributed by atoms with Crippen LogP contribution < -0.4 is 5.32 Å². The van der Waals surface area contributed by atoms with Crippen LogP contribution in [0.25, 0.3) is 21.8 Å². The van der Waals surface area contributed by atoms with Crippen molar-refractivity contribution in [1.82, 2.24) is 9.97 Å². The fraction of sp³-hybridized carbons (Fsp3) is 0.136. The summed E-state index contributed by atoms with van der Waals surface area (Å²) >= 11 is 6.08. The Morgan fingerprint density at radius 1 is 1.20 bits per heavy atom. The molecule has 0 aliphatic heterocycles. The minimum absolute atomic E-state index is 0.00710. The van der Waals surface area contributed by atoms with Crippen molar-refractivity contribution in [3.05, 3.63) is 70.4 Å². The standard InChI is InChI=1S/C22H18ClN3O4/c1-11-6-14(23)7-12-8-16(21(27)28)20(26-19(11)12)25-18(22(29)30)9-13-10-24-17-5-3-2-4-15(13)17/h2-8,10,18,24H,9H2,1H3,(H,25,26)(H,27,28)(H,29,30). The van der Waals surface area contributed by atoms with Crippen LogP contribution in [0.3, 0.4) is 0 Å². The minimum atomic E-state index is -1.21. The van der Waals surface area contributed by atoms with E-state index in [1.165, 1.54) is 6.07 Å². The number of hydrogen-bond acceptors (Lipinski definition) is 4. The monoisotopic (exact) mass is 423 g/mol. The molecule has 0 aliphatic carbocycles. The van der Waals surface area contributed by atoms with E-state index in [2.05, 4.69) is 15.3 Å². The fourth-order valence-corrected chi connectivity index (χ4v) is 3.86. The summed E-state index contributed by atoms with van der Waals surface area (Å²) in [5.74, 6) is -2.31. The number of carboxylic acids is 2. The van der Waals surface area contributed by atoms with E-state index in [9.17, 15) is 19.8 Å². The largest absolute Gasteiger partial charge is 0.480 e. The first-order valence-electron chi connectivity index (χ1n) is 9.22. The van der Waals surface area contributed by atoms with Crippen LogP contribution in [-0.2, 0) is 11.2 Å². The van der Waals surface area contributed by atoms with Crippen LogP contribution in [-0.4, -0.2) is 38.2 Å². The van der Waals surface area contributed by atoms with Gasteiger partial charge in [0.05, 0.1) is 5.52 Å². The number of rotatable bonds is 6. The molecule has 0 saturated heterocycles. The third-order valence-corrected chi connectivity index (χ3v) is 5.23. The number of pyridine rings is 1. The molecule has 2 aromatic carbocycles. The van der Waals surface area contributed by atoms with Crippen molar-refractivity contribution in [1.29, 1.82) is 0 Å². The number of nitrogens with zero attached hydrogens (tertiary/aromatic N) is 1. The first-order chi connectivity index (χ1) is 14.3. The van der Waals surface area contributed by atoms with E-state index >= 15 is 0 Å². The maximum absolute atomic E-state index is 12.0. The predicted molar refractivity (Wildman–Crippen MR) is 115 cm³/mol. The third-order valence-electron chi connectivity index (χ3n) is 5.01. The third kappa shape index (κ3) is 3.67. The van der Waals surface area contributed by atoms with Gasteiger partial charge in [0, 0.05) is 33.9 Å². The zero-order valence-electron chi connectivity index (χ0n) is 15.9. The molecule has 0 spiro atoms. The molecule has 0 aliphatic rings. The number of aliphatic carboxylic acids is 1. The second-order valence-corrected chi connectivity index (χ2v) is 7.52. The van der Waals surface area contributed by atoms with Gasteiger partial charge in [0.1, 0.15) is 17.4 Å². The Labute approximate surface area is 176 Å². The minimum Gasteiger partial charge on any atom is -0.480 e. The highest BCUT2D eigenvalue weighted by Gasteiger charge is 2.24. The Balaban J connectivity index is 1.75. The molecule has 0 bridgehead atoms. The lowest BCUT2D eigenvalue weighted by atomic mass is 10.0. The zero-order chi connectivity index (χ0) is 21.4. The first kappa shape index (κ1) is 19.7. The van der Waals surface area contributed by atoms with Gasteiger partial charge in [-0.1, -0.05) is 29.8 Å². The van der Waals surface area contributed by atoms with Crippen LogP contribution in [0.4, 0.5) is 5.82 Å².